The van der Waals surface area contributed by atoms with Crippen LogP contribution in [0, 0.1) is 0 Å². The van der Waals surface area contributed by atoms with Gasteiger partial charge in [-0.25, -0.2) is 0 Å². The Labute approximate surface area is 121 Å². The van der Waals surface area contributed by atoms with E-state index < -0.39 is 0 Å². The molecule has 100 valence electrons. The van der Waals surface area contributed by atoms with Gasteiger partial charge in [-0.1, -0.05) is 62.4 Å². The molecule has 0 unspecified atom stereocenters. The normalized spacial score (nSPS) is 10.6. The van der Waals surface area contributed by atoms with E-state index in [2.05, 4.69) is 62.4 Å². The van der Waals surface area contributed by atoms with Gasteiger partial charge in [0.2, 0.25) is 0 Å². The summed E-state index contributed by atoms with van der Waals surface area (Å²) in [6.07, 6.45) is 2.24. The number of aryl methyl sites for hydroxylation is 2. The first-order valence-corrected chi connectivity index (χ1v) is 8.20. The molecule has 0 aromatic heterocycles. The molecule has 0 fully saturated rings. The fraction of sp³-hybridized carbons (Fsp3) is 0.333. The van der Waals surface area contributed by atoms with Crippen molar-refractivity contribution in [1.82, 2.24) is 0 Å². The summed E-state index contributed by atoms with van der Waals surface area (Å²) >= 11 is 1.99. The van der Waals surface area contributed by atoms with Crippen LogP contribution < -0.4 is 0 Å². The minimum Gasteiger partial charge on any atom is -0.152 e. The fourth-order valence-corrected chi connectivity index (χ4v) is 2.99. The molecule has 0 aliphatic rings. The molecule has 0 aliphatic heterocycles. The van der Waals surface area contributed by atoms with Gasteiger partial charge in [0.25, 0.3) is 0 Å². The number of hydrogen-bond donors (Lipinski definition) is 0. The van der Waals surface area contributed by atoms with E-state index in [1.54, 1.807) is 0 Å². The molecule has 19 heavy (non-hydrogen) atoms. The van der Waals surface area contributed by atoms with Gasteiger partial charge >= 0.3 is 0 Å². The first-order chi connectivity index (χ1) is 9.31. The lowest BCUT2D eigenvalue weighted by molar-refractivity contribution is 1.13. The van der Waals surface area contributed by atoms with Crippen LogP contribution in [0.25, 0.3) is 0 Å². The molecule has 0 atom stereocenters. The highest BCUT2D eigenvalue weighted by atomic mass is 32.2. The number of hydrogen-bond acceptors (Lipinski definition) is 1. The molecule has 0 N–H and O–H groups in total. The van der Waals surface area contributed by atoms with Crippen molar-refractivity contribution in [2.24, 2.45) is 0 Å². The quantitative estimate of drug-likeness (QED) is 0.691. The highest BCUT2D eigenvalue weighted by Gasteiger charge is 1.97. The summed E-state index contributed by atoms with van der Waals surface area (Å²) in [6.45, 7) is 4.40. The zero-order valence-electron chi connectivity index (χ0n) is 11.9. The third-order valence-electron chi connectivity index (χ3n) is 3.40. The van der Waals surface area contributed by atoms with Crippen molar-refractivity contribution in [3.8, 4) is 0 Å². The monoisotopic (exact) mass is 270 g/mol. The molecule has 0 nitrogen and oxygen atoms in total. The molecule has 0 radical (unpaired) electrons. The summed E-state index contributed by atoms with van der Waals surface area (Å²) in [5.41, 5.74) is 5.69. The Bertz CT molecular complexity index is 435. The fourth-order valence-electron chi connectivity index (χ4n) is 2.03. The summed E-state index contributed by atoms with van der Waals surface area (Å²) < 4.78 is 0. The van der Waals surface area contributed by atoms with Crippen molar-refractivity contribution in [2.45, 2.75) is 38.2 Å². The average Bonchev–Trinajstić information content (AvgIpc) is 2.49. The van der Waals surface area contributed by atoms with E-state index in [4.69, 9.17) is 0 Å². The van der Waals surface area contributed by atoms with Gasteiger partial charge in [-0.3, -0.25) is 0 Å². The molecule has 2 rings (SSSR count). The van der Waals surface area contributed by atoms with Crippen LogP contribution in [0.15, 0.2) is 48.5 Å². The van der Waals surface area contributed by atoms with E-state index in [-0.39, 0.29) is 0 Å². The number of benzene rings is 2. The van der Waals surface area contributed by atoms with Crippen LogP contribution in [0.4, 0.5) is 0 Å². The number of thioether (sulfide) groups is 1. The van der Waals surface area contributed by atoms with Crippen molar-refractivity contribution < 1.29 is 0 Å². The molecular weight excluding hydrogens is 248 g/mol. The SMILES string of the molecule is CCc1ccc(CSCc2ccc(CC)cc2)cc1. The third kappa shape index (κ3) is 4.43. The van der Waals surface area contributed by atoms with Crippen LogP contribution in [0.1, 0.15) is 36.1 Å². The minimum absolute atomic E-state index is 1.10. The standard InChI is InChI=1S/C18H22S/c1-3-15-5-9-17(10-6-15)13-19-14-18-11-7-16(4-2)8-12-18/h5-12H,3-4,13-14H2,1-2H3. The van der Waals surface area contributed by atoms with Crippen molar-refractivity contribution in [2.75, 3.05) is 0 Å². The van der Waals surface area contributed by atoms with Crippen molar-refractivity contribution in [1.29, 1.82) is 0 Å². The lowest BCUT2D eigenvalue weighted by Gasteiger charge is -2.04. The second kappa shape index (κ2) is 7.40. The van der Waals surface area contributed by atoms with Crippen molar-refractivity contribution in [3.63, 3.8) is 0 Å². The Balaban J connectivity index is 1.81. The topological polar surface area (TPSA) is 0 Å². The molecule has 2 aromatic rings. The Morgan fingerprint density at radius 3 is 1.21 bits per heavy atom. The Morgan fingerprint density at radius 1 is 0.579 bits per heavy atom. The van der Waals surface area contributed by atoms with Crippen LogP contribution in [0.5, 0.6) is 0 Å². The van der Waals surface area contributed by atoms with Crippen molar-refractivity contribution in [3.05, 3.63) is 70.8 Å². The molecule has 0 bridgehead atoms. The molecule has 2 aromatic carbocycles. The summed E-state index contributed by atoms with van der Waals surface area (Å²) in [5.74, 6) is 2.19. The molecule has 0 saturated heterocycles. The zero-order chi connectivity index (χ0) is 13.5. The van der Waals surface area contributed by atoms with Gasteiger partial charge in [0.15, 0.2) is 0 Å². The molecule has 0 spiro atoms. The van der Waals surface area contributed by atoms with E-state index in [0.29, 0.717) is 0 Å². The maximum atomic E-state index is 2.26. The highest BCUT2D eigenvalue weighted by molar-refractivity contribution is 7.97. The minimum atomic E-state index is 1.10. The lowest BCUT2D eigenvalue weighted by Crippen LogP contribution is -1.86. The van der Waals surface area contributed by atoms with Crippen molar-refractivity contribution >= 4 is 11.8 Å². The van der Waals surface area contributed by atoms with E-state index in [9.17, 15) is 0 Å². The molecular formula is C18H22S. The van der Waals surface area contributed by atoms with Crippen LogP contribution in [-0.4, -0.2) is 0 Å². The van der Waals surface area contributed by atoms with Gasteiger partial charge in [-0.05, 0) is 35.1 Å². The van der Waals surface area contributed by atoms with E-state index in [1.165, 1.54) is 22.3 Å². The third-order valence-corrected chi connectivity index (χ3v) is 4.47. The smallest absolute Gasteiger partial charge is 0.0187 e. The summed E-state index contributed by atoms with van der Waals surface area (Å²) in [7, 11) is 0. The van der Waals surface area contributed by atoms with E-state index in [0.717, 1.165) is 24.3 Å². The van der Waals surface area contributed by atoms with Crippen LogP contribution in [0.3, 0.4) is 0 Å². The Kier molecular flexibility index (Phi) is 5.53. The maximum absolute atomic E-state index is 2.26. The van der Waals surface area contributed by atoms with Crippen LogP contribution >= 0.6 is 11.8 Å². The van der Waals surface area contributed by atoms with Crippen LogP contribution in [0.2, 0.25) is 0 Å². The predicted octanol–water partition coefficient (Wildman–Crippen LogP) is 5.24. The zero-order valence-corrected chi connectivity index (χ0v) is 12.7. The van der Waals surface area contributed by atoms with Gasteiger partial charge in [0, 0.05) is 11.5 Å². The molecule has 0 aliphatic carbocycles. The summed E-state index contributed by atoms with van der Waals surface area (Å²) in [5, 5.41) is 0. The predicted molar refractivity (Wildman–Crippen MR) is 86.6 cm³/mol. The lowest BCUT2D eigenvalue weighted by atomic mass is 10.1. The van der Waals surface area contributed by atoms with Gasteiger partial charge in [0.05, 0.1) is 0 Å². The first kappa shape index (κ1) is 14.2. The number of rotatable bonds is 6. The van der Waals surface area contributed by atoms with Gasteiger partial charge in [-0.15, -0.1) is 0 Å². The molecule has 1 heteroatoms. The van der Waals surface area contributed by atoms with Crippen LogP contribution in [-0.2, 0) is 24.3 Å². The molecule has 0 heterocycles. The highest BCUT2D eigenvalue weighted by Crippen LogP contribution is 2.19. The Morgan fingerprint density at radius 2 is 0.895 bits per heavy atom. The largest absolute Gasteiger partial charge is 0.152 e. The summed E-state index contributed by atoms with van der Waals surface area (Å²) in [4.78, 5) is 0. The van der Waals surface area contributed by atoms with Gasteiger partial charge < -0.3 is 0 Å². The Hall–Kier alpha value is -1.21. The van der Waals surface area contributed by atoms with E-state index >= 15 is 0 Å². The van der Waals surface area contributed by atoms with E-state index in [1.807, 2.05) is 11.8 Å². The molecule has 0 saturated carbocycles. The summed E-state index contributed by atoms with van der Waals surface area (Å²) in [6, 6.07) is 18.0. The second-order valence-electron chi connectivity index (χ2n) is 4.83. The second-order valence-corrected chi connectivity index (χ2v) is 5.82. The first-order valence-electron chi connectivity index (χ1n) is 7.05. The maximum Gasteiger partial charge on any atom is 0.0187 e. The average molecular weight is 270 g/mol. The van der Waals surface area contributed by atoms with Gasteiger partial charge in [-0.2, -0.15) is 11.8 Å². The molecule has 0 amide bonds. The van der Waals surface area contributed by atoms with Gasteiger partial charge in [0.1, 0.15) is 0 Å².